The molecule has 1 aromatic carbocycles. The molecule has 2 fully saturated rings. The van der Waals surface area contributed by atoms with Crippen molar-refractivity contribution in [2.24, 2.45) is 17.8 Å². The molecule has 2 aromatic rings. The van der Waals surface area contributed by atoms with Crippen LogP contribution in [0.4, 0.5) is 0 Å². The Morgan fingerprint density at radius 1 is 1.28 bits per heavy atom. The zero-order chi connectivity index (χ0) is 17.6. The first-order valence-corrected chi connectivity index (χ1v) is 9.53. The predicted octanol–water partition coefficient (Wildman–Crippen LogP) is 4.39. The number of halogens is 1. The molecular weight excluding hydrogens is 334 g/mol. The van der Waals surface area contributed by atoms with E-state index in [1.807, 2.05) is 37.3 Å². The Bertz CT molecular complexity index is 786. The van der Waals surface area contributed by atoms with E-state index in [1.165, 1.54) is 25.7 Å². The van der Waals surface area contributed by atoms with Crippen molar-refractivity contribution in [1.82, 2.24) is 15.1 Å². The number of amides is 1. The third-order valence-electron chi connectivity index (χ3n) is 6.03. The highest BCUT2D eigenvalue weighted by Crippen LogP contribution is 2.49. The molecule has 1 heterocycles. The van der Waals surface area contributed by atoms with E-state index in [4.69, 9.17) is 11.6 Å². The molecule has 0 unspecified atom stereocenters. The van der Waals surface area contributed by atoms with Gasteiger partial charge in [-0.25, -0.2) is 4.68 Å². The first kappa shape index (κ1) is 16.6. The van der Waals surface area contributed by atoms with Crippen molar-refractivity contribution in [1.29, 1.82) is 0 Å². The monoisotopic (exact) mass is 357 g/mol. The van der Waals surface area contributed by atoms with Gasteiger partial charge < -0.3 is 5.32 Å². The zero-order valence-electron chi connectivity index (χ0n) is 14.7. The van der Waals surface area contributed by atoms with Gasteiger partial charge in [0.25, 0.3) is 5.91 Å². The number of fused-ring (bicyclic) bond motifs is 2. The molecule has 1 amide bonds. The smallest absolute Gasteiger partial charge is 0.256 e. The highest BCUT2D eigenvalue weighted by Gasteiger charge is 2.42. The lowest BCUT2D eigenvalue weighted by Gasteiger charge is -2.28. The minimum Gasteiger partial charge on any atom is -0.349 e. The highest BCUT2D eigenvalue weighted by atomic mass is 35.5. The minimum absolute atomic E-state index is 0.111. The van der Waals surface area contributed by atoms with Crippen LogP contribution < -0.4 is 5.32 Å². The summed E-state index contributed by atoms with van der Waals surface area (Å²) in [6.07, 6.45) is 5.29. The number of aryl methyl sites for hydroxylation is 1. The summed E-state index contributed by atoms with van der Waals surface area (Å²) in [5, 5.41) is 8.04. The fraction of sp³-hybridized carbons (Fsp3) is 0.500. The Hall–Kier alpha value is -1.81. The predicted molar refractivity (Wildman–Crippen MR) is 99.2 cm³/mol. The highest BCUT2D eigenvalue weighted by molar-refractivity contribution is 6.33. The largest absolute Gasteiger partial charge is 0.349 e. The molecular formula is C20H24ClN3O. The Morgan fingerprint density at radius 2 is 2.04 bits per heavy atom. The molecule has 4 rings (SSSR count). The van der Waals surface area contributed by atoms with Crippen LogP contribution >= 0.6 is 11.6 Å². The van der Waals surface area contributed by atoms with Crippen LogP contribution in [-0.2, 0) is 0 Å². The second kappa shape index (κ2) is 6.49. The van der Waals surface area contributed by atoms with E-state index in [0.29, 0.717) is 22.3 Å². The molecule has 4 nitrogen and oxygen atoms in total. The van der Waals surface area contributed by atoms with Crippen molar-refractivity contribution in [2.45, 2.75) is 45.6 Å². The van der Waals surface area contributed by atoms with Gasteiger partial charge in [-0.1, -0.05) is 36.2 Å². The SMILES string of the molecule is Cc1nn(-c2ccccc2)c(Cl)c1C(=O)N[C@@H](C)[C@H]1C[C@@H]2CC[C@H]1C2. The third kappa shape index (κ3) is 2.97. The van der Waals surface area contributed by atoms with Crippen molar-refractivity contribution in [2.75, 3.05) is 0 Å². The van der Waals surface area contributed by atoms with Crippen molar-refractivity contribution in [3.05, 3.63) is 46.7 Å². The van der Waals surface area contributed by atoms with Crippen LogP contribution in [0.1, 0.15) is 48.7 Å². The molecule has 132 valence electrons. The Morgan fingerprint density at radius 3 is 2.68 bits per heavy atom. The van der Waals surface area contributed by atoms with Crippen LogP contribution in [0, 0.1) is 24.7 Å². The number of hydrogen-bond donors (Lipinski definition) is 1. The second-order valence-corrected chi connectivity index (χ2v) is 7.96. The summed E-state index contributed by atoms with van der Waals surface area (Å²) < 4.78 is 1.63. The summed E-state index contributed by atoms with van der Waals surface area (Å²) in [5.41, 5.74) is 2.00. The van der Waals surface area contributed by atoms with Crippen LogP contribution in [0.2, 0.25) is 5.15 Å². The molecule has 2 saturated carbocycles. The van der Waals surface area contributed by atoms with Crippen LogP contribution in [0.25, 0.3) is 5.69 Å². The minimum atomic E-state index is -0.111. The van der Waals surface area contributed by atoms with E-state index >= 15 is 0 Å². The zero-order valence-corrected chi connectivity index (χ0v) is 15.5. The number of hydrogen-bond acceptors (Lipinski definition) is 2. The molecule has 5 heteroatoms. The summed E-state index contributed by atoms with van der Waals surface area (Å²) in [5.74, 6) is 2.15. The normalized spacial score (nSPS) is 26.0. The second-order valence-electron chi connectivity index (χ2n) is 7.60. The van der Waals surface area contributed by atoms with Crippen molar-refractivity contribution >= 4 is 17.5 Å². The molecule has 1 aromatic heterocycles. The van der Waals surface area contributed by atoms with E-state index in [1.54, 1.807) is 4.68 Å². The van der Waals surface area contributed by atoms with E-state index < -0.39 is 0 Å². The molecule has 2 aliphatic rings. The van der Waals surface area contributed by atoms with Crippen molar-refractivity contribution in [3.63, 3.8) is 0 Å². The Balaban J connectivity index is 1.53. The molecule has 2 bridgehead atoms. The van der Waals surface area contributed by atoms with E-state index in [9.17, 15) is 4.79 Å². The first-order chi connectivity index (χ1) is 12.0. The fourth-order valence-corrected chi connectivity index (χ4v) is 5.15. The van der Waals surface area contributed by atoms with Gasteiger partial charge in [0.2, 0.25) is 0 Å². The third-order valence-corrected chi connectivity index (χ3v) is 6.37. The first-order valence-electron chi connectivity index (χ1n) is 9.16. The molecule has 4 atom stereocenters. The summed E-state index contributed by atoms with van der Waals surface area (Å²) in [4.78, 5) is 12.9. The Kier molecular flexibility index (Phi) is 4.32. The van der Waals surface area contributed by atoms with Crippen LogP contribution in [0.15, 0.2) is 30.3 Å². The Labute approximate surface area is 153 Å². The lowest BCUT2D eigenvalue weighted by Crippen LogP contribution is -2.40. The van der Waals surface area contributed by atoms with Gasteiger partial charge >= 0.3 is 0 Å². The lowest BCUT2D eigenvalue weighted by molar-refractivity contribution is 0.0915. The number of rotatable bonds is 4. The average Bonchev–Trinajstić information content (AvgIpc) is 3.30. The molecule has 0 saturated heterocycles. The van der Waals surface area contributed by atoms with Gasteiger partial charge in [-0.15, -0.1) is 0 Å². The molecule has 0 radical (unpaired) electrons. The number of aromatic nitrogens is 2. The van der Waals surface area contributed by atoms with Gasteiger partial charge in [-0.2, -0.15) is 5.10 Å². The topological polar surface area (TPSA) is 46.9 Å². The summed E-state index contributed by atoms with van der Waals surface area (Å²) in [6.45, 7) is 3.97. The van der Waals surface area contributed by atoms with Gasteiger partial charge in [0.1, 0.15) is 5.15 Å². The number of nitrogens with zero attached hydrogens (tertiary/aromatic N) is 2. The van der Waals surface area contributed by atoms with Gasteiger partial charge in [0.05, 0.1) is 16.9 Å². The summed E-state index contributed by atoms with van der Waals surface area (Å²) >= 11 is 6.50. The summed E-state index contributed by atoms with van der Waals surface area (Å²) in [6, 6.07) is 9.84. The standard InChI is InChI=1S/C20H24ClN3O/c1-12(17-11-14-8-9-15(17)10-14)22-20(25)18-13(2)23-24(19(18)21)16-6-4-3-5-7-16/h3-7,12,14-15,17H,8-11H2,1-2H3,(H,22,25)/t12-,14+,15-,17+/m0/s1. The lowest BCUT2D eigenvalue weighted by atomic mass is 9.84. The molecule has 1 N–H and O–H groups in total. The van der Waals surface area contributed by atoms with Crippen LogP contribution in [0.3, 0.4) is 0 Å². The van der Waals surface area contributed by atoms with Gasteiger partial charge in [-0.05, 0) is 63.0 Å². The number of para-hydroxylation sites is 1. The van der Waals surface area contributed by atoms with Gasteiger partial charge in [0, 0.05) is 6.04 Å². The van der Waals surface area contributed by atoms with Crippen molar-refractivity contribution < 1.29 is 4.79 Å². The summed E-state index contributed by atoms with van der Waals surface area (Å²) in [7, 11) is 0. The van der Waals surface area contributed by atoms with E-state index in [2.05, 4.69) is 17.3 Å². The molecule has 0 spiro atoms. The van der Waals surface area contributed by atoms with E-state index in [0.717, 1.165) is 17.5 Å². The van der Waals surface area contributed by atoms with Gasteiger partial charge in [0.15, 0.2) is 0 Å². The number of carbonyl (C=O) groups excluding carboxylic acids is 1. The van der Waals surface area contributed by atoms with Crippen molar-refractivity contribution in [3.8, 4) is 5.69 Å². The number of benzene rings is 1. The maximum Gasteiger partial charge on any atom is 0.256 e. The molecule has 2 aliphatic carbocycles. The van der Waals surface area contributed by atoms with Crippen LogP contribution in [0.5, 0.6) is 0 Å². The average molecular weight is 358 g/mol. The van der Waals surface area contributed by atoms with E-state index in [-0.39, 0.29) is 11.9 Å². The number of carbonyl (C=O) groups is 1. The molecule has 25 heavy (non-hydrogen) atoms. The maximum atomic E-state index is 12.9. The fourth-order valence-electron chi connectivity index (χ4n) is 4.79. The number of nitrogens with one attached hydrogen (secondary N) is 1. The molecule has 0 aliphatic heterocycles. The van der Waals surface area contributed by atoms with Crippen LogP contribution in [-0.4, -0.2) is 21.7 Å². The van der Waals surface area contributed by atoms with Gasteiger partial charge in [-0.3, -0.25) is 4.79 Å². The quantitative estimate of drug-likeness (QED) is 0.882. The maximum absolute atomic E-state index is 12.9.